The lowest BCUT2D eigenvalue weighted by molar-refractivity contribution is 0.0702. The summed E-state index contributed by atoms with van der Waals surface area (Å²) in [5.74, 6) is -0.214. The summed E-state index contributed by atoms with van der Waals surface area (Å²) in [6.45, 7) is 2.20. The second-order valence-electron chi connectivity index (χ2n) is 7.30. The highest BCUT2D eigenvalue weighted by atomic mass is 35.5. The summed E-state index contributed by atoms with van der Waals surface area (Å²) in [6.07, 6.45) is 13.4. The highest BCUT2D eigenvalue weighted by Gasteiger charge is 2.40. The van der Waals surface area contributed by atoms with Crippen LogP contribution in [0.5, 0.6) is 0 Å². The third kappa shape index (κ3) is 6.40. The monoisotopic (exact) mass is 398 g/mol. The maximum Gasteiger partial charge on any atom is 0.345 e. The highest BCUT2D eigenvalue weighted by Crippen LogP contribution is 2.41. The summed E-state index contributed by atoms with van der Waals surface area (Å²) in [4.78, 5) is 12.5. The largest absolute Gasteiger partial charge is 0.477 e. The summed E-state index contributed by atoms with van der Waals surface area (Å²) in [6, 6.07) is 3.59. The van der Waals surface area contributed by atoms with E-state index in [1.165, 1.54) is 24.2 Å². The second kappa shape index (κ2) is 11.1. The van der Waals surface area contributed by atoms with Crippen molar-refractivity contribution in [2.45, 2.75) is 76.2 Å². The summed E-state index contributed by atoms with van der Waals surface area (Å²) >= 11 is 7.88. The minimum absolute atomic E-state index is 0.0528. The molecule has 1 heterocycles. The van der Waals surface area contributed by atoms with Gasteiger partial charge in [-0.05, 0) is 68.9 Å². The van der Waals surface area contributed by atoms with Gasteiger partial charge in [-0.2, -0.15) is 0 Å². The van der Waals surface area contributed by atoms with Crippen molar-refractivity contribution < 1.29 is 15.0 Å². The molecule has 26 heavy (non-hydrogen) atoms. The van der Waals surface area contributed by atoms with E-state index in [-0.39, 0.29) is 17.4 Å². The van der Waals surface area contributed by atoms with E-state index in [1.807, 2.05) is 6.07 Å². The Balaban J connectivity index is 1.78. The van der Waals surface area contributed by atoms with Gasteiger partial charge < -0.3 is 10.2 Å². The molecule has 0 saturated heterocycles. The second-order valence-corrected chi connectivity index (χ2v) is 9.03. The van der Waals surface area contributed by atoms with Crippen LogP contribution in [0.3, 0.4) is 0 Å². The fourth-order valence-corrected chi connectivity index (χ4v) is 5.30. The predicted octanol–water partition coefficient (Wildman–Crippen LogP) is 5.90. The van der Waals surface area contributed by atoms with Crippen molar-refractivity contribution in [2.24, 2.45) is 11.8 Å². The normalized spacial score (nSPS) is 26.0. The van der Waals surface area contributed by atoms with E-state index in [1.54, 1.807) is 6.07 Å². The number of aryl methyl sites for hydroxylation is 1. The zero-order valence-electron chi connectivity index (χ0n) is 15.6. The number of carboxylic acid groups (broad SMARTS) is 1. The first-order chi connectivity index (χ1) is 12.5. The van der Waals surface area contributed by atoms with Crippen LogP contribution >= 0.6 is 22.9 Å². The van der Waals surface area contributed by atoms with Gasteiger partial charge in [0.1, 0.15) is 4.88 Å². The van der Waals surface area contributed by atoms with E-state index >= 15 is 0 Å². The number of carboxylic acids is 1. The molecule has 1 aliphatic carbocycles. The Morgan fingerprint density at radius 3 is 2.69 bits per heavy atom. The van der Waals surface area contributed by atoms with Crippen molar-refractivity contribution in [1.29, 1.82) is 0 Å². The van der Waals surface area contributed by atoms with Crippen molar-refractivity contribution in [3.63, 3.8) is 0 Å². The number of halogens is 1. The van der Waals surface area contributed by atoms with Crippen LogP contribution in [0.2, 0.25) is 0 Å². The fourth-order valence-electron chi connectivity index (χ4n) is 3.92. The molecule has 0 amide bonds. The third-order valence-corrected chi connectivity index (χ3v) is 7.00. The van der Waals surface area contributed by atoms with Crippen LogP contribution in [0.1, 0.15) is 72.8 Å². The van der Waals surface area contributed by atoms with Crippen LogP contribution in [0.15, 0.2) is 24.3 Å². The Kier molecular flexibility index (Phi) is 9.17. The molecule has 1 aromatic rings. The number of aliphatic hydroxyl groups is 1. The number of unbranched alkanes of at least 4 members (excludes halogenated alkanes) is 2. The van der Waals surface area contributed by atoms with Crippen LogP contribution in [-0.4, -0.2) is 27.7 Å². The van der Waals surface area contributed by atoms with Gasteiger partial charge in [0.05, 0.1) is 6.10 Å². The molecule has 0 radical (unpaired) electrons. The Labute approximate surface area is 166 Å². The highest BCUT2D eigenvalue weighted by molar-refractivity contribution is 7.13. The molecule has 3 nitrogen and oxygen atoms in total. The quantitative estimate of drug-likeness (QED) is 0.277. The molecule has 0 unspecified atom stereocenters. The van der Waals surface area contributed by atoms with Crippen LogP contribution in [0.4, 0.5) is 0 Å². The first kappa shape index (κ1) is 21.5. The van der Waals surface area contributed by atoms with E-state index in [0.717, 1.165) is 43.4 Å². The molecular formula is C21H31ClO3S. The maximum atomic E-state index is 11.0. The number of aliphatic hydroxyl groups excluding tert-OH is 1. The summed E-state index contributed by atoms with van der Waals surface area (Å²) < 4.78 is 0. The molecular weight excluding hydrogens is 368 g/mol. The van der Waals surface area contributed by atoms with Gasteiger partial charge in [-0.1, -0.05) is 31.9 Å². The number of allylic oxidation sites excluding steroid dienone is 2. The van der Waals surface area contributed by atoms with Gasteiger partial charge in [0.2, 0.25) is 0 Å². The number of rotatable bonds is 11. The number of hydrogen-bond acceptors (Lipinski definition) is 3. The van der Waals surface area contributed by atoms with E-state index in [0.29, 0.717) is 17.2 Å². The molecule has 2 rings (SSSR count). The maximum absolute atomic E-state index is 11.0. The number of carbonyl (C=O) groups is 1. The van der Waals surface area contributed by atoms with Gasteiger partial charge in [-0.3, -0.25) is 0 Å². The number of thiophene rings is 1. The zero-order valence-corrected chi connectivity index (χ0v) is 17.1. The first-order valence-corrected chi connectivity index (χ1v) is 11.1. The molecule has 1 aromatic heterocycles. The van der Waals surface area contributed by atoms with Gasteiger partial charge in [0.15, 0.2) is 0 Å². The number of alkyl halides is 1. The summed E-state index contributed by atoms with van der Waals surface area (Å²) in [5.41, 5.74) is 0. The van der Waals surface area contributed by atoms with E-state index in [4.69, 9.17) is 16.7 Å². The third-order valence-electron chi connectivity index (χ3n) is 5.37. The Hall–Kier alpha value is -0.840. The molecule has 0 spiro atoms. The summed E-state index contributed by atoms with van der Waals surface area (Å²) in [5, 5.41) is 19.4. The molecule has 5 heteroatoms. The molecule has 2 N–H and O–H groups in total. The Bertz CT molecular complexity index is 584. The smallest absolute Gasteiger partial charge is 0.345 e. The molecule has 1 fully saturated rings. The first-order valence-electron chi connectivity index (χ1n) is 9.82. The minimum Gasteiger partial charge on any atom is -0.477 e. The van der Waals surface area contributed by atoms with E-state index in [9.17, 15) is 9.90 Å². The van der Waals surface area contributed by atoms with Crippen LogP contribution in [0, 0.1) is 11.8 Å². The van der Waals surface area contributed by atoms with Gasteiger partial charge in [0, 0.05) is 10.3 Å². The average molecular weight is 399 g/mol. The molecule has 0 aliphatic heterocycles. The van der Waals surface area contributed by atoms with E-state index < -0.39 is 5.97 Å². The van der Waals surface area contributed by atoms with Crippen molar-refractivity contribution in [2.75, 3.05) is 0 Å². The Morgan fingerprint density at radius 1 is 1.23 bits per heavy atom. The molecule has 1 aliphatic rings. The lowest BCUT2D eigenvalue weighted by Gasteiger charge is -2.23. The lowest BCUT2D eigenvalue weighted by Crippen LogP contribution is -2.20. The van der Waals surface area contributed by atoms with Gasteiger partial charge in [-0.15, -0.1) is 22.9 Å². The van der Waals surface area contributed by atoms with Crippen molar-refractivity contribution in [1.82, 2.24) is 0 Å². The molecule has 4 atom stereocenters. The molecule has 0 aromatic carbocycles. The molecule has 1 saturated carbocycles. The summed E-state index contributed by atoms with van der Waals surface area (Å²) in [7, 11) is 0. The number of aromatic carboxylic acids is 1. The molecule has 0 bridgehead atoms. The SMILES string of the molecule is CCCCC=CCC[C@@H]1[C@@H](CCCc2ccc(C(=O)O)s2)[C@H](Cl)C[C@H]1O. The van der Waals surface area contributed by atoms with Crippen molar-refractivity contribution >= 4 is 28.9 Å². The fraction of sp³-hybridized carbons (Fsp3) is 0.667. The van der Waals surface area contributed by atoms with Crippen molar-refractivity contribution in [3.05, 3.63) is 34.0 Å². The van der Waals surface area contributed by atoms with Gasteiger partial charge in [-0.25, -0.2) is 4.79 Å². The predicted molar refractivity (Wildman–Crippen MR) is 109 cm³/mol. The minimum atomic E-state index is -0.854. The molecule has 146 valence electrons. The van der Waals surface area contributed by atoms with Gasteiger partial charge >= 0.3 is 5.97 Å². The lowest BCUT2D eigenvalue weighted by atomic mass is 9.86. The average Bonchev–Trinajstić information content (AvgIpc) is 3.17. The Morgan fingerprint density at radius 2 is 2.00 bits per heavy atom. The topological polar surface area (TPSA) is 57.5 Å². The van der Waals surface area contributed by atoms with Gasteiger partial charge in [0.25, 0.3) is 0 Å². The van der Waals surface area contributed by atoms with Crippen molar-refractivity contribution in [3.8, 4) is 0 Å². The zero-order chi connectivity index (χ0) is 18.9. The van der Waals surface area contributed by atoms with Crippen LogP contribution in [-0.2, 0) is 6.42 Å². The number of hydrogen-bond donors (Lipinski definition) is 2. The standard InChI is InChI=1S/C21H31ClO3S/c1-2-3-4-5-6-7-10-17-16(18(22)14-19(17)23)11-8-9-15-12-13-20(26-15)21(24)25/h5-6,12-13,16-19,23H,2-4,7-11,14H2,1H3,(H,24,25)/t16-,17-,18-,19-/m1/s1. The van der Waals surface area contributed by atoms with Crippen LogP contribution in [0.25, 0.3) is 0 Å². The van der Waals surface area contributed by atoms with E-state index in [2.05, 4.69) is 19.1 Å². The van der Waals surface area contributed by atoms with Crippen LogP contribution < -0.4 is 0 Å².